The molecule has 4 aromatic rings. The molecule has 5 rings (SSSR count). The molecule has 4 aromatic carbocycles. The molecule has 0 amide bonds. The van der Waals surface area contributed by atoms with E-state index in [-0.39, 0.29) is 6.61 Å². The third-order valence-corrected chi connectivity index (χ3v) is 6.12. The smallest absolute Gasteiger partial charge is 0.135 e. The first-order chi connectivity index (χ1) is 16.7. The lowest BCUT2D eigenvalue weighted by Crippen LogP contribution is -2.38. The monoisotopic (exact) mass is 451 g/mol. The van der Waals surface area contributed by atoms with E-state index in [1.54, 1.807) is 0 Å². The van der Waals surface area contributed by atoms with Gasteiger partial charge in [-0.3, -0.25) is 4.90 Å². The molecule has 0 aromatic heterocycles. The second kappa shape index (κ2) is 10.6. The highest BCUT2D eigenvalue weighted by Gasteiger charge is 2.19. The van der Waals surface area contributed by atoms with E-state index in [4.69, 9.17) is 9.47 Å². The summed E-state index contributed by atoms with van der Waals surface area (Å²) in [6.07, 6.45) is 0.471. The molecule has 1 heterocycles. The van der Waals surface area contributed by atoms with Crippen molar-refractivity contribution in [2.75, 3.05) is 19.7 Å². The summed E-state index contributed by atoms with van der Waals surface area (Å²) in [5.41, 5.74) is 4.76. The Morgan fingerprint density at radius 2 is 1.50 bits per heavy atom. The van der Waals surface area contributed by atoms with Crippen LogP contribution in [0.4, 0.5) is 0 Å². The number of fused-ring (bicyclic) bond motifs is 1. The molecule has 0 aliphatic carbocycles. The molecule has 4 nitrogen and oxygen atoms in total. The number of β-amino-alcohol motifs (C(OH)–C–C–N with tert-alkyl or cyclic N) is 1. The molecule has 1 N–H and O–H groups in total. The van der Waals surface area contributed by atoms with E-state index in [9.17, 15) is 5.11 Å². The molecular weight excluding hydrogens is 422 g/mol. The fourth-order valence-corrected chi connectivity index (χ4v) is 4.42. The first-order valence-electron chi connectivity index (χ1n) is 11.8. The number of hydrogen-bond acceptors (Lipinski definition) is 4. The zero-order chi connectivity index (χ0) is 23.2. The van der Waals surface area contributed by atoms with Crippen LogP contribution in [0.3, 0.4) is 0 Å². The highest BCUT2D eigenvalue weighted by molar-refractivity contribution is 5.72. The quantitative estimate of drug-likeness (QED) is 0.360. The lowest BCUT2D eigenvalue weighted by Gasteiger charge is -2.30. The van der Waals surface area contributed by atoms with E-state index in [2.05, 4.69) is 29.2 Å². The number of para-hydroxylation sites is 2. The predicted octanol–water partition coefficient (Wildman–Crippen LogP) is 5.94. The van der Waals surface area contributed by atoms with E-state index >= 15 is 0 Å². The van der Waals surface area contributed by atoms with Gasteiger partial charge in [-0.2, -0.15) is 0 Å². The summed E-state index contributed by atoms with van der Waals surface area (Å²) in [7, 11) is 0. The minimum atomic E-state index is -0.553. The number of aliphatic hydroxyl groups excluding tert-OH is 1. The van der Waals surface area contributed by atoms with Gasteiger partial charge in [0.25, 0.3) is 0 Å². The maximum absolute atomic E-state index is 10.6. The van der Waals surface area contributed by atoms with Gasteiger partial charge >= 0.3 is 0 Å². The van der Waals surface area contributed by atoms with Crippen LogP contribution in [0.25, 0.3) is 11.1 Å². The Morgan fingerprint density at radius 3 is 2.38 bits per heavy atom. The molecule has 0 saturated heterocycles. The molecule has 0 saturated carbocycles. The summed E-state index contributed by atoms with van der Waals surface area (Å²) >= 11 is 0. The maximum atomic E-state index is 10.6. The summed E-state index contributed by atoms with van der Waals surface area (Å²) in [4.78, 5) is 2.30. The fourth-order valence-electron chi connectivity index (χ4n) is 4.42. The Morgan fingerprint density at radius 1 is 0.765 bits per heavy atom. The minimum Gasteiger partial charge on any atom is -0.491 e. The molecule has 1 aliphatic heterocycles. The first-order valence-corrected chi connectivity index (χ1v) is 11.8. The van der Waals surface area contributed by atoms with E-state index in [0.717, 1.165) is 47.9 Å². The molecule has 0 spiro atoms. The van der Waals surface area contributed by atoms with Crippen LogP contribution in [0.2, 0.25) is 0 Å². The summed E-state index contributed by atoms with van der Waals surface area (Å²) in [5.74, 6) is 2.32. The average molecular weight is 452 g/mol. The highest BCUT2D eigenvalue weighted by Crippen LogP contribution is 2.34. The molecule has 0 fully saturated rings. The van der Waals surface area contributed by atoms with Gasteiger partial charge < -0.3 is 14.6 Å². The summed E-state index contributed by atoms with van der Waals surface area (Å²) in [6.45, 7) is 2.69. The molecule has 34 heavy (non-hydrogen) atoms. The van der Waals surface area contributed by atoms with Crippen LogP contribution in [0.1, 0.15) is 11.1 Å². The molecule has 4 heteroatoms. The Labute approximate surface area is 201 Å². The lowest BCUT2D eigenvalue weighted by atomic mass is 10.00. The van der Waals surface area contributed by atoms with Gasteiger partial charge in [0.1, 0.15) is 30.0 Å². The predicted molar refractivity (Wildman–Crippen MR) is 135 cm³/mol. The minimum absolute atomic E-state index is 0.254. The van der Waals surface area contributed by atoms with Gasteiger partial charge in [-0.15, -0.1) is 0 Å². The van der Waals surface area contributed by atoms with Gasteiger partial charge in [-0.05, 0) is 53.4 Å². The standard InChI is InChI=1S/C30H29NO3/c32-26(21-31-18-17-23-9-4-5-10-25(23)20-31)22-33-28-14-8-11-24(19-28)29-15-6-7-16-30(29)34-27-12-2-1-3-13-27/h1-16,19,26,32H,17-18,20-22H2. The number of nitrogens with zero attached hydrogens (tertiary/aromatic N) is 1. The first kappa shape index (κ1) is 22.2. The van der Waals surface area contributed by atoms with Crippen LogP contribution in [0, 0.1) is 0 Å². The van der Waals surface area contributed by atoms with Crippen molar-refractivity contribution in [2.45, 2.75) is 19.1 Å². The van der Waals surface area contributed by atoms with Gasteiger partial charge in [0, 0.05) is 25.2 Å². The van der Waals surface area contributed by atoms with Gasteiger partial charge in [-0.1, -0.05) is 72.8 Å². The number of ether oxygens (including phenoxy) is 2. The van der Waals surface area contributed by atoms with Gasteiger partial charge in [0.15, 0.2) is 0 Å². The van der Waals surface area contributed by atoms with Crippen LogP contribution >= 0.6 is 0 Å². The van der Waals surface area contributed by atoms with Gasteiger partial charge in [0.2, 0.25) is 0 Å². The molecule has 1 aliphatic rings. The number of aliphatic hydroxyl groups is 1. The zero-order valence-electron chi connectivity index (χ0n) is 19.1. The van der Waals surface area contributed by atoms with Crippen molar-refractivity contribution >= 4 is 0 Å². The average Bonchev–Trinajstić information content (AvgIpc) is 2.88. The topological polar surface area (TPSA) is 41.9 Å². The van der Waals surface area contributed by atoms with Crippen LogP contribution in [0.5, 0.6) is 17.2 Å². The molecule has 1 unspecified atom stereocenters. The van der Waals surface area contributed by atoms with Crippen molar-refractivity contribution in [2.24, 2.45) is 0 Å². The van der Waals surface area contributed by atoms with E-state index in [1.807, 2.05) is 78.9 Å². The fraction of sp³-hybridized carbons (Fsp3) is 0.200. The zero-order valence-corrected chi connectivity index (χ0v) is 19.1. The summed E-state index contributed by atoms with van der Waals surface area (Å²) in [6, 6.07) is 34.2. The largest absolute Gasteiger partial charge is 0.491 e. The SMILES string of the molecule is OC(COc1cccc(-c2ccccc2Oc2ccccc2)c1)CN1CCc2ccccc2C1. The van der Waals surface area contributed by atoms with Crippen LogP contribution in [0.15, 0.2) is 103 Å². The van der Waals surface area contributed by atoms with Crippen molar-refractivity contribution in [3.8, 4) is 28.4 Å². The Hall–Kier alpha value is -3.60. The van der Waals surface area contributed by atoms with E-state index in [1.165, 1.54) is 11.1 Å². The second-order valence-electron chi connectivity index (χ2n) is 8.66. The summed E-state index contributed by atoms with van der Waals surface area (Å²) in [5, 5.41) is 10.6. The third kappa shape index (κ3) is 5.48. The Kier molecular flexibility index (Phi) is 6.89. The van der Waals surface area contributed by atoms with Crippen LogP contribution in [-0.4, -0.2) is 35.8 Å². The highest BCUT2D eigenvalue weighted by atomic mass is 16.5. The Bertz CT molecular complexity index is 1220. The van der Waals surface area contributed by atoms with Crippen molar-refractivity contribution in [3.63, 3.8) is 0 Å². The summed E-state index contributed by atoms with van der Waals surface area (Å²) < 4.78 is 12.1. The number of hydrogen-bond donors (Lipinski definition) is 1. The van der Waals surface area contributed by atoms with Crippen molar-refractivity contribution in [3.05, 3.63) is 114 Å². The van der Waals surface area contributed by atoms with E-state index in [0.29, 0.717) is 6.54 Å². The number of benzene rings is 4. The Balaban J connectivity index is 1.21. The van der Waals surface area contributed by atoms with E-state index < -0.39 is 6.10 Å². The molecule has 172 valence electrons. The normalized spacial score (nSPS) is 14.3. The third-order valence-electron chi connectivity index (χ3n) is 6.12. The van der Waals surface area contributed by atoms with Crippen molar-refractivity contribution in [1.29, 1.82) is 0 Å². The van der Waals surface area contributed by atoms with Crippen LogP contribution in [-0.2, 0) is 13.0 Å². The van der Waals surface area contributed by atoms with Crippen molar-refractivity contribution < 1.29 is 14.6 Å². The van der Waals surface area contributed by atoms with Crippen molar-refractivity contribution in [1.82, 2.24) is 4.90 Å². The molecular formula is C30H29NO3. The molecule has 1 atom stereocenters. The number of rotatable bonds is 8. The van der Waals surface area contributed by atoms with Crippen LogP contribution < -0.4 is 9.47 Å². The lowest BCUT2D eigenvalue weighted by molar-refractivity contribution is 0.0638. The molecule has 0 radical (unpaired) electrons. The van der Waals surface area contributed by atoms with Gasteiger partial charge in [-0.25, -0.2) is 0 Å². The second-order valence-corrected chi connectivity index (χ2v) is 8.66. The maximum Gasteiger partial charge on any atom is 0.135 e. The van der Waals surface area contributed by atoms with Gasteiger partial charge in [0.05, 0.1) is 0 Å². The molecule has 0 bridgehead atoms.